The second-order valence-electron chi connectivity index (χ2n) is 4.46. The quantitative estimate of drug-likeness (QED) is 0.764. The molecular formula is C13H19N3O. The van der Waals surface area contributed by atoms with Crippen molar-refractivity contribution in [1.29, 1.82) is 0 Å². The Hall–Kier alpha value is -1.58. The van der Waals surface area contributed by atoms with Gasteiger partial charge in [-0.25, -0.2) is 4.98 Å². The van der Waals surface area contributed by atoms with Crippen LogP contribution in [0.15, 0.2) is 24.2 Å². The lowest BCUT2D eigenvalue weighted by Gasteiger charge is -2.12. The molecule has 0 aromatic carbocycles. The number of aromatic nitrogens is 2. The van der Waals surface area contributed by atoms with E-state index in [1.807, 2.05) is 0 Å². The number of carbonyl (C=O) groups excluding carboxylic acids is 1. The monoisotopic (exact) mass is 233 g/mol. The normalized spacial score (nSPS) is 15.4. The first-order valence-electron chi connectivity index (χ1n) is 6.26. The zero-order valence-corrected chi connectivity index (χ0v) is 10.0. The molecule has 0 radical (unpaired) electrons. The topological polar surface area (TPSA) is 57.8 Å². The Morgan fingerprint density at radius 1 is 1.47 bits per heavy atom. The Bertz CT molecular complexity index is 381. The van der Waals surface area contributed by atoms with E-state index in [1.54, 1.807) is 12.5 Å². The van der Waals surface area contributed by atoms with Crippen molar-refractivity contribution in [3.05, 3.63) is 29.9 Å². The van der Waals surface area contributed by atoms with Crippen molar-refractivity contribution in [1.82, 2.24) is 15.3 Å². The molecule has 1 aromatic rings. The second kappa shape index (κ2) is 6.23. The molecule has 0 unspecified atom stereocenters. The van der Waals surface area contributed by atoms with E-state index < -0.39 is 0 Å². The van der Waals surface area contributed by atoms with Crippen LogP contribution in [0.1, 0.15) is 37.8 Å². The minimum absolute atomic E-state index is 0.0608. The SMILES string of the molecule is O=C(Cc1cnc[nH]1)NCCC1=CCCCC1. The maximum atomic E-state index is 11.6. The maximum Gasteiger partial charge on any atom is 0.226 e. The number of hydrogen-bond acceptors (Lipinski definition) is 2. The van der Waals surface area contributed by atoms with E-state index in [4.69, 9.17) is 0 Å². The average molecular weight is 233 g/mol. The van der Waals surface area contributed by atoms with E-state index in [-0.39, 0.29) is 5.91 Å². The summed E-state index contributed by atoms with van der Waals surface area (Å²) in [5.74, 6) is 0.0608. The molecule has 0 bridgehead atoms. The third kappa shape index (κ3) is 4.06. The molecule has 0 atom stereocenters. The maximum absolute atomic E-state index is 11.6. The molecule has 0 aliphatic heterocycles. The van der Waals surface area contributed by atoms with Crippen LogP contribution in [0.25, 0.3) is 0 Å². The largest absolute Gasteiger partial charge is 0.355 e. The Morgan fingerprint density at radius 3 is 3.12 bits per heavy atom. The number of imidazole rings is 1. The fourth-order valence-electron chi connectivity index (χ4n) is 2.11. The molecule has 2 rings (SSSR count). The third-order valence-corrected chi connectivity index (χ3v) is 3.06. The summed E-state index contributed by atoms with van der Waals surface area (Å²) >= 11 is 0. The van der Waals surface area contributed by atoms with Gasteiger partial charge >= 0.3 is 0 Å². The number of rotatable bonds is 5. The van der Waals surface area contributed by atoms with Crippen molar-refractivity contribution < 1.29 is 4.79 Å². The predicted molar refractivity (Wildman–Crippen MR) is 66.5 cm³/mol. The third-order valence-electron chi connectivity index (χ3n) is 3.06. The van der Waals surface area contributed by atoms with Crippen molar-refractivity contribution in [2.45, 2.75) is 38.5 Å². The summed E-state index contributed by atoms with van der Waals surface area (Å²) in [4.78, 5) is 18.4. The fraction of sp³-hybridized carbons (Fsp3) is 0.538. The van der Waals surface area contributed by atoms with Crippen LogP contribution < -0.4 is 5.32 Å². The molecule has 1 aromatic heterocycles. The van der Waals surface area contributed by atoms with Gasteiger partial charge in [0.1, 0.15) is 0 Å². The van der Waals surface area contributed by atoms with Gasteiger partial charge in [0.15, 0.2) is 0 Å². The summed E-state index contributed by atoms with van der Waals surface area (Å²) in [5.41, 5.74) is 2.36. The molecule has 1 aliphatic carbocycles. The van der Waals surface area contributed by atoms with Crippen molar-refractivity contribution in [2.24, 2.45) is 0 Å². The summed E-state index contributed by atoms with van der Waals surface area (Å²) in [5, 5.41) is 2.94. The average Bonchev–Trinajstić information content (AvgIpc) is 2.83. The molecule has 0 saturated heterocycles. The minimum atomic E-state index is 0.0608. The van der Waals surface area contributed by atoms with Gasteiger partial charge in [0.25, 0.3) is 0 Å². The summed E-state index contributed by atoms with van der Waals surface area (Å²) in [6, 6.07) is 0. The van der Waals surface area contributed by atoms with Crippen molar-refractivity contribution in [2.75, 3.05) is 6.54 Å². The second-order valence-corrected chi connectivity index (χ2v) is 4.46. The minimum Gasteiger partial charge on any atom is -0.355 e. The molecule has 1 aliphatic rings. The number of nitrogens with zero attached hydrogens (tertiary/aromatic N) is 1. The molecule has 0 saturated carbocycles. The molecular weight excluding hydrogens is 214 g/mol. The first-order valence-corrected chi connectivity index (χ1v) is 6.26. The van der Waals surface area contributed by atoms with Crippen LogP contribution in [-0.2, 0) is 11.2 Å². The summed E-state index contributed by atoms with van der Waals surface area (Å²) in [6.45, 7) is 0.749. The van der Waals surface area contributed by atoms with Gasteiger partial charge in [-0.1, -0.05) is 11.6 Å². The first kappa shape index (κ1) is 11.9. The van der Waals surface area contributed by atoms with Gasteiger partial charge in [0.2, 0.25) is 5.91 Å². The van der Waals surface area contributed by atoms with Crippen LogP contribution in [0.5, 0.6) is 0 Å². The number of carbonyl (C=O) groups is 1. The highest BCUT2D eigenvalue weighted by atomic mass is 16.1. The number of aromatic amines is 1. The van der Waals surface area contributed by atoms with E-state index in [0.29, 0.717) is 6.42 Å². The van der Waals surface area contributed by atoms with Crippen molar-refractivity contribution in [3.8, 4) is 0 Å². The molecule has 2 N–H and O–H groups in total. The molecule has 1 amide bonds. The van der Waals surface area contributed by atoms with Gasteiger partial charge in [-0.15, -0.1) is 0 Å². The molecule has 0 fully saturated rings. The van der Waals surface area contributed by atoms with E-state index in [2.05, 4.69) is 21.4 Å². The van der Waals surface area contributed by atoms with E-state index in [9.17, 15) is 4.79 Å². The predicted octanol–water partition coefficient (Wildman–Crippen LogP) is 1.96. The standard InChI is InChI=1S/C13H19N3O/c17-13(8-12-9-14-10-16-12)15-7-6-11-4-2-1-3-5-11/h4,9-10H,1-3,5-8H2,(H,14,16)(H,15,17). The number of hydrogen-bond donors (Lipinski definition) is 2. The number of nitrogens with one attached hydrogen (secondary N) is 2. The lowest BCUT2D eigenvalue weighted by Crippen LogP contribution is -2.26. The lowest BCUT2D eigenvalue weighted by molar-refractivity contribution is -0.120. The Kier molecular flexibility index (Phi) is 4.36. The van der Waals surface area contributed by atoms with Crippen LogP contribution in [0, 0.1) is 0 Å². The van der Waals surface area contributed by atoms with E-state index in [0.717, 1.165) is 18.7 Å². The molecule has 17 heavy (non-hydrogen) atoms. The zero-order chi connectivity index (χ0) is 11.9. The van der Waals surface area contributed by atoms with Crippen LogP contribution in [-0.4, -0.2) is 22.4 Å². The molecule has 4 heteroatoms. The van der Waals surface area contributed by atoms with Crippen LogP contribution in [0.2, 0.25) is 0 Å². The molecule has 92 valence electrons. The van der Waals surface area contributed by atoms with Crippen LogP contribution in [0.3, 0.4) is 0 Å². The van der Waals surface area contributed by atoms with Crippen molar-refractivity contribution >= 4 is 5.91 Å². The lowest BCUT2D eigenvalue weighted by atomic mass is 9.97. The highest BCUT2D eigenvalue weighted by molar-refractivity contribution is 5.77. The Balaban J connectivity index is 1.64. The Labute approximate surface area is 102 Å². The highest BCUT2D eigenvalue weighted by Crippen LogP contribution is 2.19. The zero-order valence-electron chi connectivity index (χ0n) is 10.0. The number of H-pyrrole nitrogens is 1. The summed E-state index contributed by atoms with van der Waals surface area (Å²) in [7, 11) is 0. The van der Waals surface area contributed by atoms with Gasteiger partial charge in [-0.3, -0.25) is 4.79 Å². The van der Waals surface area contributed by atoms with E-state index in [1.165, 1.54) is 31.3 Å². The first-order chi connectivity index (χ1) is 8.34. The smallest absolute Gasteiger partial charge is 0.226 e. The molecule has 4 nitrogen and oxygen atoms in total. The van der Waals surface area contributed by atoms with Gasteiger partial charge in [-0.2, -0.15) is 0 Å². The molecule has 0 spiro atoms. The van der Waals surface area contributed by atoms with Gasteiger partial charge in [-0.05, 0) is 32.1 Å². The van der Waals surface area contributed by atoms with E-state index >= 15 is 0 Å². The van der Waals surface area contributed by atoms with Crippen molar-refractivity contribution in [3.63, 3.8) is 0 Å². The Morgan fingerprint density at radius 2 is 2.41 bits per heavy atom. The van der Waals surface area contributed by atoms with Gasteiger partial charge < -0.3 is 10.3 Å². The summed E-state index contributed by atoms with van der Waals surface area (Å²) in [6.07, 6.45) is 12.0. The van der Waals surface area contributed by atoms with Gasteiger partial charge in [0, 0.05) is 18.4 Å². The van der Waals surface area contributed by atoms with Crippen LogP contribution in [0.4, 0.5) is 0 Å². The summed E-state index contributed by atoms with van der Waals surface area (Å²) < 4.78 is 0. The number of allylic oxidation sites excluding steroid dienone is 1. The van der Waals surface area contributed by atoms with Gasteiger partial charge in [0.05, 0.1) is 12.7 Å². The highest BCUT2D eigenvalue weighted by Gasteiger charge is 2.06. The van der Waals surface area contributed by atoms with Crippen LogP contribution >= 0.6 is 0 Å². The fourth-order valence-corrected chi connectivity index (χ4v) is 2.11. The number of amides is 1. The molecule has 1 heterocycles.